The first-order chi connectivity index (χ1) is 22.1. The fourth-order valence-corrected chi connectivity index (χ4v) is 8.87. The number of benzene rings is 3. The first-order valence-electron chi connectivity index (χ1n) is 16.0. The first kappa shape index (κ1) is 31.1. The predicted octanol–water partition coefficient (Wildman–Crippen LogP) is 6.77. The standard InChI is InChI=1S/C35H37F3N4O3S/c1-22-39-31-7-2-3-8-32(31)42(22)27-18-25-9-10-26(19-27)41(25)16-13-35(23-5-4-6-24(36)17-23)11-14-40(15-12-35)34(43)28-20-33(46(44)45)30(38)21-29(28)37/h2-8,17,20-21,25-27H,9-16,18-19H2,1H3,(H,44,45). The lowest BCUT2D eigenvalue weighted by Gasteiger charge is -2.45. The van der Waals surface area contributed by atoms with Crippen molar-refractivity contribution in [2.75, 3.05) is 19.6 Å². The number of para-hydroxylation sites is 2. The van der Waals surface area contributed by atoms with E-state index in [9.17, 15) is 26.7 Å². The van der Waals surface area contributed by atoms with Crippen LogP contribution in [0, 0.1) is 24.4 Å². The molecule has 0 spiro atoms. The lowest BCUT2D eigenvalue weighted by atomic mass is 9.70. The third-order valence-electron chi connectivity index (χ3n) is 10.7. The summed E-state index contributed by atoms with van der Waals surface area (Å²) in [5.74, 6) is -2.16. The first-order valence-corrected chi connectivity index (χ1v) is 17.1. The Kier molecular flexibility index (Phi) is 8.27. The van der Waals surface area contributed by atoms with E-state index >= 15 is 0 Å². The predicted molar refractivity (Wildman–Crippen MR) is 169 cm³/mol. The Morgan fingerprint density at radius 2 is 1.67 bits per heavy atom. The van der Waals surface area contributed by atoms with Gasteiger partial charge in [0.15, 0.2) is 11.1 Å². The molecule has 242 valence electrons. The molecule has 4 heterocycles. The molecule has 3 aliphatic rings. The van der Waals surface area contributed by atoms with E-state index < -0.39 is 39.1 Å². The van der Waals surface area contributed by atoms with Crippen LogP contribution in [0.1, 0.15) is 72.7 Å². The molecule has 3 atom stereocenters. The number of aromatic nitrogens is 2. The van der Waals surface area contributed by atoms with E-state index in [2.05, 4.69) is 34.6 Å². The second-order valence-electron chi connectivity index (χ2n) is 13.1. The molecular formula is C35H37F3N4O3S. The zero-order valence-corrected chi connectivity index (χ0v) is 26.5. The lowest BCUT2D eigenvalue weighted by molar-refractivity contribution is 0.0602. The van der Waals surface area contributed by atoms with E-state index in [-0.39, 0.29) is 11.2 Å². The Balaban J connectivity index is 1.08. The average Bonchev–Trinajstić information content (AvgIpc) is 3.50. The SMILES string of the molecule is Cc1nc2ccccc2n1C1CC2CCC(C1)N2CCC1(c2cccc(F)c2)CCN(C(=O)c2cc(S(=O)O)c(F)cc2F)CC1. The van der Waals surface area contributed by atoms with Crippen LogP contribution in [-0.2, 0) is 16.5 Å². The fourth-order valence-electron chi connectivity index (χ4n) is 8.43. The Hall–Kier alpha value is -3.54. The van der Waals surface area contributed by atoms with Crippen LogP contribution in [0.25, 0.3) is 11.0 Å². The summed E-state index contributed by atoms with van der Waals surface area (Å²) >= 11 is -2.70. The molecule has 1 aromatic heterocycles. The summed E-state index contributed by atoms with van der Waals surface area (Å²) in [7, 11) is 0. The second kappa shape index (κ2) is 12.2. The Bertz CT molecular complexity index is 1810. The quantitative estimate of drug-likeness (QED) is 0.223. The number of fused-ring (bicyclic) bond motifs is 3. The van der Waals surface area contributed by atoms with E-state index in [0.717, 1.165) is 61.6 Å². The van der Waals surface area contributed by atoms with Crippen LogP contribution in [0.3, 0.4) is 0 Å². The third kappa shape index (κ3) is 5.56. The van der Waals surface area contributed by atoms with Gasteiger partial charge < -0.3 is 14.0 Å². The average molecular weight is 651 g/mol. The summed E-state index contributed by atoms with van der Waals surface area (Å²) in [4.78, 5) is 21.7. The maximum Gasteiger partial charge on any atom is 0.256 e. The van der Waals surface area contributed by atoms with Crippen LogP contribution in [0.4, 0.5) is 13.2 Å². The molecule has 46 heavy (non-hydrogen) atoms. The monoisotopic (exact) mass is 650 g/mol. The molecule has 3 saturated heterocycles. The van der Waals surface area contributed by atoms with Gasteiger partial charge in [-0.15, -0.1) is 0 Å². The molecular weight excluding hydrogens is 613 g/mol. The molecule has 3 fully saturated rings. The Morgan fingerprint density at radius 1 is 0.957 bits per heavy atom. The van der Waals surface area contributed by atoms with Gasteiger partial charge in [-0.05, 0) is 99.7 Å². The molecule has 2 bridgehead atoms. The van der Waals surface area contributed by atoms with Crippen LogP contribution in [0.2, 0.25) is 0 Å². The van der Waals surface area contributed by atoms with Crippen molar-refractivity contribution < 1.29 is 26.7 Å². The van der Waals surface area contributed by atoms with Crippen molar-refractivity contribution >= 4 is 28.0 Å². The van der Waals surface area contributed by atoms with Crippen LogP contribution >= 0.6 is 0 Å². The zero-order chi connectivity index (χ0) is 32.2. The van der Waals surface area contributed by atoms with Crippen molar-refractivity contribution in [3.8, 4) is 0 Å². The van der Waals surface area contributed by atoms with Gasteiger partial charge in [0, 0.05) is 37.3 Å². The van der Waals surface area contributed by atoms with E-state index in [1.165, 1.54) is 16.5 Å². The maximum atomic E-state index is 14.7. The van der Waals surface area contributed by atoms with Gasteiger partial charge in [-0.25, -0.2) is 22.4 Å². The molecule has 4 aromatic rings. The van der Waals surface area contributed by atoms with Gasteiger partial charge in [0.1, 0.15) is 28.2 Å². The number of halogens is 3. The van der Waals surface area contributed by atoms with Crippen molar-refractivity contribution in [1.29, 1.82) is 0 Å². The molecule has 0 radical (unpaired) electrons. The van der Waals surface area contributed by atoms with Gasteiger partial charge in [0.2, 0.25) is 0 Å². The number of rotatable bonds is 7. The van der Waals surface area contributed by atoms with Crippen molar-refractivity contribution in [3.05, 3.63) is 95.1 Å². The van der Waals surface area contributed by atoms with Crippen LogP contribution < -0.4 is 0 Å². The highest BCUT2D eigenvalue weighted by atomic mass is 32.2. The molecule has 3 unspecified atom stereocenters. The smallest absolute Gasteiger partial charge is 0.256 e. The number of nitrogens with zero attached hydrogens (tertiary/aromatic N) is 4. The highest BCUT2D eigenvalue weighted by Crippen LogP contribution is 2.45. The Morgan fingerprint density at radius 3 is 2.37 bits per heavy atom. The number of aryl methyl sites for hydroxylation is 1. The number of hydrogen-bond acceptors (Lipinski definition) is 4. The van der Waals surface area contributed by atoms with Gasteiger partial charge in [0.25, 0.3) is 5.91 Å². The second-order valence-corrected chi connectivity index (χ2v) is 14.0. The molecule has 11 heteroatoms. The summed E-state index contributed by atoms with van der Waals surface area (Å²) in [5.41, 5.74) is 2.30. The summed E-state index contributed by atoms with van der Waals surface area (Å²) in [6.07, 6.45) is 6.29. The van der Waals surface area contributed by atoms with Gasteiger partial charge >= 0.3 is 0 Å². The zero-order valence-electron chi connectivity index (χ0n) is 25.7. The van der Waals surface area contributed by atoms with E-state index in [1.807, 2.05) is 12.1 Å². The summed E-state index contributed by atoms with van der Waals surface area (Å²) < 4.78 is 66.6. The van der Waals surface area contributed by atoms with Crippen molar-refractivity contribution in [3.63, 3.8) is 0 Å². The number of carbonyl (C=O) groups is 1. The highest BCUT2D eigenvalue weighted by molar-refractivity contribution is 7.79. The van der Waals surface area contributed by atoms with E-state index in [4.69, 9.17) is 4.98 Å². The van der Waals surface area contributed by atoms with Crippen LogP contribution in [-0.4, -0.2) is 65.7 Å². The molecule has 3 aromatic carbocycles. The van der Waals surface area contributed by atoms with Gasteiger partial charge in [0.05, 0.1) is 16.6 Å². The minimum atomic E-state index is -2.70. The lowest BCUT2D eigenvalue weighted by Crippen LogP contribution is -2.49. The number of carbonyl (C=O) groups excluding carboxylic acids is 1. The van der Waals surface area contributed by atoms with Gasteiger partial charge in [-0.1, -0.05) is 24.3 Å². The van der Waals surface area contributed by atoms with Crippen molar-refractivity contribution in [2.24, 2.45) is 0 Å². The van der Waals surface area contributed by atoms with Crippen molar-refractivity contribution in [1.82, 2.24) is 19.4 Å². The largest absolute Gasteiger partial charge is 0.338 e. The summed E-state index contributed by atoms with van der Waals surface area (Å²) in [5, 5.41) is 0. The molecule has 3 aliphatic heterocycles. The molecule has 7 rings (SSSR count). The van der Waals surface area contributed by atoms with E-state index in [0.29, 0.717) is 50.1 Å². The van der Waals surface area contributed by atoms with Crippen molar-refractivity contribution in [2.45, 2.75) is 80.3 Å². The summed E-state index contributed by atoms with van der Waals surface area (Å²) in [6, 6.07) is 17.6. The Labute approximate surface area is 268 Å². The van der Waals surface area contributed by atoms with Gasteiger partial charge in [-0.2, -0.15) is 0 Å². The van der Waals surface area contributed by atoms with Crippen LogP contribution in [0.5, 0.6) is 0 Å². The number of likely N-dealkylation sites (tertiary alicyclic amines) is 1. The van der Waals surface area contributed by atoms with Crippen LogP contribution in [0.15, 0.2) is 65.6 Å². The number of amides is 1. The minimum absolute atomic E-state index is 0.297. The number of piperidine rings is 2. The topological polar surface area (TPSA) is 78.7 Å². The fraction of sp³-hybridized carbons (Fsp3) is 0.429. The number of hydrogen-bond donors (Lipinski definition) is 1. The van der Waals surface area contributed by atoms with E-state index in [1.54, 1.807) is 12.1 Å². The third-order valence-corrected chi connectivity index (χ3v) is 11.4. The molecule has 1 N–H and O–H groups in total. The molecule has 0 aliphatic carbocycles. The maximum absolute atomic E-state index is 14.7. The molecule has 0 saturated carbocycles. The normalized spacial score (nSPS) is 23.6. The summed E-state index contributed by atoms with van der Waals surface area (Å²) in [6.45, 7) is 3.54. The molecule has 1 amide bonds. The highest BCUT2D eigenvalue weighted by Gasteiger charge is 2.44. The molecule has 7 nitrogen and oxygen atoms in total. The number of imidazole rings is 1. The minimum Gasteiger partial charge on any atom is -0.338 e. The van der Waals surface area contributed by atoms with Gasteiger partial charge in [-0.3, -0.25) is 9.69 Å².